The van der Waals surface area contributed by atoms with Gasteiger partial charge in [0.2, 0.25) is 0 Å². The zero-order valence-electron chi connectivity index (χ0n) is 11.9. The average molecular weight is 288 g/mol. The first-order chi connectivity index (χ1) is 10.0. The molecule has 0 atom stereocenters. The van der Waals surface area contributed by atoms with Crippen LogP contribution in [0, 0.1) is 17.0 Å². The molecule has 2 rings (SSSR count). The van der Waals surface area contributed by atoms with Crippen LogP contribution in [0.3, 0.4) is 0 Å². The molecule has 1 aromatic carbocycles. The van der Waals surface area contributed by atoms with Crippen molar-refractivity contribution in [2.24, 2.45) is 0 Å². The summed E-state index contributed by atoms with van der Waals surface area (Å²) in [6, 6.07) is 6.25. The van der Waals surface area contributed by atoms with Crippen molar-refractivity contribution >= 4 is 11.4 Å². The SMILES string of the molecule is CCNc1cc(Cn2ncc(C)cc2=O)ccc1[N+](=O)[O-]. The number of benzene rings is 1. The van der Waals surface area contributed by atoms with E-state index in [1.165, 1.54) is 16.8 Å². The third-order valence-electron chi connectivity index (χ3n) is 2.96. The van der Waals surface area contributed by atoms with Gasteiger partial charge in [0.15, 0.2) is 0 Å². The Morgan fingerprint density at radius 1 is 1.38 bits per heavy atom. The van der Waals surface area contributed by atoms with Crippen LogP contribution in [0.1, 0.15) is 18.1 Å². The van der Waals surface area contributed by atoms with Crippen LogP contribution < -0.4 is 10.9 Å². The zero-order valence-corrected chi connectivity index (χ0v) is 11.9. The first-order valence-electron chi connectivity index (χ1n) is 6.56. The van der Waals surface area contributed by atoms with Crippen LogP contribution in [-0.4, -0.2) is 21.2 Å². The topological polar surface area (TPSA) is 90.1 Å². The normalized spacial score (nSPS) is 10.4. The maximum Gasteiger partial charge on any atom is 0.292 e. The minimum absolute atomic E-state index is 0.0183. The van der Waals surface area contributed by atoms with Crippen molar-refractivity contribution in [2.75, 3.05) is 11.9 Å². The van der Waals surface area contributed by atoms with Gasteiger partial charge < -0.3 is 5.32 Å². The molecule has 7 heteroatoms. The minimum Gasteiger partial charge on any atom is -0.380 e. The molecule has 1 heterocycles. The van der Waals surface area contributed by atoms with Crippen LogP contribution in [0.2, 0.25) is 0 Å². The van der Waals surface area contributed by atoms with E-state index in [1.54, 1.807) is 25.3 Å². The number of nitrogens with one attached hydrogen (secondary N) is 1. The van der Waals surface area contributed by atoms with E-state index in [1.807, 2.05) is 6.92 Å². The second-order valence-electron chi connectivity index (χ2n) is 4.67. The Kier molecular flexibility index (Phi) is 4.32. The van der Waals surface area contributed by atoms with Crippen LogP contribution in [0.4, 0.5) is 11.4 Å². The standard InChI is InChI=1S/C14H16N4O3/c1-3-15-12-7-11(4-5-13(12)18(20)21)9-17-14(19)6-10(2)8-16-17/h4-8,15H,3,9H2,1-2H3. The Bertz CT molecular complexity index is 724. The summed E-state index contributed by atoms with van der Waals surface area (Å²) >= 11 is 0. The molecule has 0 spiro atoms. The summed E-state index contributed by atoms with van der Waals surface area (Å²) in [6.07, 6.45) is 1.61. The summed E-state index contributed by atoms with van der Waals surface area (Å²) in [6.45, 7) is 4.51. The van der Waals surface area contributed by atoms with E-state index in [2.05, 4.69) is 10.4 Å². The van der Waals surface area contributed by atoms with E-state index in [9.17, 15) is 14.9 Å². The van der Waals surface area contributed by atoms with Crippen molar-refractivity contribution in [3.63, 3.8) is 0 Å². The molecule has 110 valence electrons. The molecular weight excluding hydrogens is 272 g/mol. The van der Waals surface area contributed by atoms with Gasteiger partial charge in [-0.3, -0.25) is 14.9 Å². The maximum atomic E-state index is 11.8. The zero-order chi connectivity index (χ0) is 15.4. The number of hydrogen-bond donors (Lipinski definition) is 1. The highest BCUT2D eigenvalue weighted by atomic mass is 16.6. The minimum atomic E-state index is -0.432. The van der Waals surface area contributed by atoms with Crippen molar-refractivity contribution in [3.8, 4) is 0 Å². The lowest BCUT2D eigenvalue weighted by atomic mass is 10.1. The van der Waals surface area contributed by atoms with Crippen LogP contribution >= 0.6 is 0 Å². The molecule has 0 bridgehead atoms. The fraction of sp³-hybridized carbons (Fsp3) is 0.286. The summed E-state index contributed by atoms with van der Waals surface area (Å²) in [4.78, 5) is 22.3. The van der Waals surface area contributed by atoms with Gasteiger partial charge in [-0.05, 0) is 31.0 Å². The van der Waals surface area contributed by atoms with Crippen molar-refractivity contribution < 1.29 is 4.92 Å². The van der Waals surface area contributed by atoms with Crippen LogP contribution in [-0.2, 0) is 6.54 Å². The quantitative estimate of drug-likeness (QED) is 0.670. The molecule has 0 aliphatic carbocycles. The predicted octanol–water partition coefficient (Wildman–Crippen LogP) is 1.94. The Labute approximate surface area is 121 Å². The van der Waals surface area contributed by atoms with Crippen molar-refractivity contribution in [1.82, 2.24) is 9.78 Å². The average Bonchev–Trinajstić information content (AvgIpc) is 2.42. The Hall–Kier alpha value is -2.70. The van der Waals surface area contributed by atoms with Gasteiger partial charge in [-0.2, -0.15) is 5.10 Å². The lowest BCUT2D eigenvalue weighted by Crippen LogP contribution is -2.22. The van der Waals surface area contributed by atoms with Crippen LogP contribution in [0.25, 0.3) is 0 Å². The van der Waals surface area contributed by atoms with Crippen molar-refractivity contribution in [2.45, 2.75) is 20.4 Å². The molecule has 2 aromatic rings. The molecule has 0 saturated heterocycles. The fourth-order valence-corrected chi connectivity index (χ4v) is 1.99. The molecule has 7 nitrogen and oxygen atoms in total. The van der Waals surface area contributed by atoms with E-state index < -0.39 is 4.92 Å². The number of nitro benzene ring substituents is 1. The van der Waals surface area contributed by atoms with Gasteiger partial charge in [0.05, 0.1) is 17.7 Å². The number of hydrogen-bond acceptors (Lipinski definition) is 5. The number of rotatable bonds is 5. The van der Waals surface area contributed by atoms with Gasteiger partial charge >= 0.3 is 0 Å². The monoisotopic (exact) mass is 288 g/mol. The largest absolute Gasteiger partial charge is 0.380 e. The number of aryl methyl sites for hydroxylation is 1. The number of anilines is 1. The summed E-state index contributed by atoms with van der Waals surface area (Å²) in [7, 11) is 0. The summed E-state index contributed by atoms with van der Waals surface area (Å²) in [5.74, 6) is 0. The van der Waals surface area contributed by atoms with E-state index in [0.29, 0.717) is 12.2 Å². The molecule has 0 aliphatic rings. The van der Waals surface area contributed by atoms with Gasteiger partial charge in [0.25, 0.3) is 11.2 Å². The molecule has 21 heavy (non-hydrogen) atoms. The van der Waals surface area contributed by atoms with Gasteiger partial charge in [-0.25, -0.2) is 4.68 Å². The first kappa shape index (κ1) is 14.7. The predicted molar refractivity (Wildman–Crippen MR) is 79.6 cm³/mol. The molecule has 0 fully saturated rings. The third kappa shape index (κ3) is 3.44. The van der Waals surface area contributed by atoms with E-state index in [0.717, 1.165) is 11.1 Å². The Morgan fingerprint density at radius 3 is 2.76 bits per heavy atom. The Balaban J connectivity index is 2.34. The summed E-state index contributed by atoms with van der Waals surface area (Å²) in [5.41, 5.74) is 1.84. The second-order valence-corrected chi connectivity index (χ2v) is 4.67. The molecule has 0 saturated carbocycles. The summed E-state index contributed by atoms with van der Waals surface area (Å²) < 4.78 is 1.32. The number of aromatic nitrogens is 2. The van der Waals surface area contributed by atoms with Crippen molar-refractivity contribution in [3.05, 3.63) is 62.1 Å². The molecule has 0 unspecified atom stereocenters. The lowest BCUT2D eigenvalue weighted by molar-refractivity contribution is -0.384. The van der Waals surface area contributed by atoms with Gasteiger partial charge in [0.1, 0.15) is 5.69 Å². The second kappa shape index (κ2) is 6.17. The molecule has 0 radical (unpaired) electrons. The highest BCUT2D eigenvalue weighted by Gasteiger charge is 2.13. The highest BCUT2D eigenvalue weighted by Crippen LogP contribution is 2.25. The summed E-state index contributed by atoms with van der Waals surface area (Å²) in [5, 5.41) is 18.0. The van der Waals surface area contributed by atoms with Gasteiger partial charge in [-0.1, -0.05) is 6.07 Å². The van der Waals surface area contributed by atoms with Crippen LogP contribution in [0.5, 0.6) is 0 Å². The van der Waals surface area contributed by atoms with Gasteiger partial charge in [0, 0.05) is 18.7 Å². The van der Waals surface area contributed by atoms with E-state index >= 15 is 0 Å². The molecular formula is C14H16N4O3. The number of nitrogens with zero attached hydrogens (tertiary/aromatic N) is 3. The highest BCUT2D eigenvalue weighted by molar-refractivity contribution is 5.62. The fourth-order valence-electron chi connectivity index (χ4n) is 1.99. The lowest BCUT2D eigenvalue weighted by Gasteiger charge is -2.08. The number of nitro groups is 1. The maximum absolute atomic E-state index is 11.8. The smallest absolute Gasteiger partial charge is 0.292 e. The first-order valence-corrected chi connectivity index (χ1v) is 6.56. The molecule has 1 N–H and O–H groups in total. The molecule has 0 amide bonds. The Morgan fingerprint density at radius 2 is 2.14 bits per heavy atom. The third-order valence-corrected chi connectivity index (χ3v) is 2.96. The van der Waals surface area contributed by atoms with E-state index in [-0.39, 0.29) is 17.8 Å². The van der Waals surface area contributed by atoms with E-state index in [4.69, 9.17) is 0 Å². The molecule has 0 aliphatic heterocycles. The van der Waals surface area contributed by atoms with Gasteiger partial charge in [-0.15, -0.1) is 0 Å². The van der Waals surface area contributed by atoms with Crippen molar-refractivity contribution in [1.29, 1.82) is 0 Å². The van der Waals surface area contributed by atoms with Crippen LogP contribution in [0.15, 0.2) is 35.3 Å². The molecule has 1 aromatic heterocycles.